The first kappa shape index (κ1) is 15.7. The van der Waals surface area contributed by atoms with Gasteiger partial charge < -0.3 is 14.2 Å². The predicted molar refractivity (Wildman–Crippen MR) is 86.1 cm³/mol. The molecule has 1 amide bonds. The van der Waals surface area contributed by atoms with Crippen molar-refractivity contribution in [1.29, 1.82) is 0 Å². The van der Waals surface area contributed by atoms with Crippen LogP contribution in [0, 0.1) is 0 Å². The van der Waals surface area contributed by atoms with E-state index in [0.717, 1.165) is 6.42 Å². The minimum atomic E-state index is -0.210. The zero-order valence-corrected chi connectivity index (χ0v) is 13.8. The lowest BCUT2D eigenvalue weighted by molar-refractivity contribution is 0.0640. The largest absolute Gasteiger partial charge is 0.377 e. The number of aromatic nitrogens is 1. The number of likely N-dealkylation sites (tertiary alicyclic amines) is 1. The molecular formula is C18H22N2O3. The zero-order chi connectivity index (χ0) is 16.4. The van der Waals surface area contributed by atoms with E-state index in [2.05, 4.69) is 31.1 Å². The third kappa shape index (κ3) is 3.15. The van der Waals surface area contributed by atoms with Crippen LogP contribution in [-0.2, 0) is 11.3 Å². The molecule has 0 N–H and O–H groups in total. The Hall–Kier alpha value is -2.14. The van der Waals surface area contributed by atoms with Crippen molar-refractivity contribution in [2.24, 2.45) is 0 Å². The van der Waals surface area contributed by atoms with E-state index in [1.807, 2.05) is 23.1 Å². The van der Waals surface area contributed by atoms with Gasteiger partial charge in [0.25, 0.3) is 5.91 Å². The van der Waals surface area contributed by atoms with Gasteiger partial charge in [-0.15, -0.1) is 0 Å². The van der Waals surface area contributed by atoms with Crippen molar-refractivity contribution < 1.29 is 14.1 Å². The monoisotopic (exact) mass is 314 g/mol. The summed E-state index contributed by atoms with van der Waals surface area (Å²) in [4.78, 5) is 14.7. The van der Waals surface area contributed by atoms with Crippen LogP contribution in [0.1, 0.15) is 48.0 Å². The maximum Gasteiger partial charge on any atom is 0.276 e. The number of hydrogen-bond donors (Lipinski definition) is 0. The molecular weight excluding hydrogens is 292 g/mol. The molecule has 0 spiro atoms. The number of benzene rings is 1. The number of nitrogens with zero attached hydrogens (tertiary/aromatic N) is 2. The standard InChI is InChI=1S/C18H22N2O3/c1-18(2)10-14(13-7-5-4-6-8-13)11-20(18)17(21)16-9-15(12-22-3)23-19-16/h4-9,14H,10-12H2,1-3H3. The first-order valence-electron chi connectivity index (χ1n) is 7.83. The van der Waals surface area contributed by atoms with Gasteiger partial charge in [0.1, 0.15) is 6.61 Å². The summed E-state index contributed by atoms with van der Waals surface area (Å²) >= 11 is 0. The van der Waals surface area contributed by atoms with E-state index >= 15 is 0 Å². The van der Waals surface area contributed by atoms with Crippen molar-refractivity contribution in [2.45, 2.75) is 38.3 Å². The summed E-state index contributed by atoms with van der Waals surface area (Å²) in [5.41, 5.74) is 1.41. The van der Waals surface area contributed by atoms with Crippen molar-refractivity contribution in [2.75, 3.05) is 13.7 Å². The Balaban J connectivity index is 1.79. The van der Waals surface area contributed by atoms with Gasteiger partial charge in [-0.05, 0) is 25.8 Å². The average Bonchev–Trinajstić information content (AvgIpc) is 3.12. The third-order valence-corrected chi connectivity index (χ3v) is 4.46. The van der Waals surface area contributed by atoms with Gasteiger partial charge in [-0.25, -0.2) is 0 Å². The Morgan fingerprint density at radius 3 is 2.83 bits per heavy atom. The molecule has 2 aromatic rings. The predicted octanol–water partition coefficient (Wildman–Crippen LogP) is 3.23. The van der Waals surface area contributed by atoms with Crippen molar-refractivity contribution in [3.8, 4) is 0 Å². The van der Waals surface area contributed by atoms with Gasteiger partial charge >= 0.3 is 0 Å². The van der Waals surface area contributed by atoms with Crippen LogP contribution in [-0.4, -0.2) is 35.2 Å². The number of hydrogen-bond acceptors (Lipinski definition) is 4. The summed E-state index contributed by atoms with van der Waals surface area (Å²) in [6.07, 6.45) is 0.936. The number of rotatable bonds is 4. The molecule has 23 heavy (non-hydrogen) atoms. The maximum atomic E-state index is 12.8. The summed E-state index contributed by atoms with van der Waals surface area (Å²) in [6.45, 7) is 5.21. The van der Waals surface area contributed by atoms with Crippen LogP contribution in [0.25, 0.3) is 0 Å². The smallest absolute Gasteiger partial charge is 0.276 e. The first-order chi connectivity index (χ1) is 11.0. The molecule has 1 aromatic carbocycles. The molecule has 1 aliphatic heterocycles. The second-order valence-electron chi connectivity index (χ2n) is 6.65. The molecule has 3 rings (SSSR count). The number of amides is 1. The van der Waals surface area contributed by atoms with Gasteiger partial charge in [0.2, 0.25) is 0 Å². The van der Waals surface area contributed by atoms with E-state index in [4.69, 9.17) is 9.26 Å². The molecule has 0 aliphatic carbocycles. The van der Waals surface area contributed by atoms with E-state index < -0.39 is 0 Å². The highest BCUT2D eigenvalue weighted by molar-refractivity contribution is 5.93. The van der Waals surface area contributed by atoms with E-state index in [9.17, 15) is 4.79 Å². The summed E-state index contributed by atoms with van der Waals surface area (Å²) in [5.74, 6) is 0.826. The van der Waals surface area contributed by atoms with E-state index in [1.165, 1.54) is 5.56 Å². The quantitative estimate of drug-likeness (QED) is 0.869. The van der Waals surface area contributed by atoms with Crippen molar-refractivity contribution in [1.82, 2.24) is 10.1 Å². The van der Waals surface area contributed by atoms with Crippen LogP contribution in [0.4, 0.5) is 0 Å². The van der Waals surface area contributed by atoms with E-state index in [0.29, 0.717) is 30.5 Å². The average molecular weight is 314 g/mol. The molecule has 5 nitrogen and oxygen atoms in total. The second-order valence-corrected chi connectivity index (χ2v) is 6.65. The fourth-order valence-electron chi connectivity index (χ4n) is 3.31. The molecule has 0 bridgehead atoms. The Morgan fingerprint density at radius 1 is 1.39 bits per heavy atom. The zero-order valence-electron chi connectivity index (χ0n) is 13.8. The molecule has 1 aliphatic rings. The molecule has 122 valence electrons. The molecule has 5 heteroatoms. The van der Waals surface area contributed by atoms with Crippen LogP contribution < -0.4 is 0 Å². The van der Waals surface area contributed by atoms with Gasteiger partial charge in [-0.3, -0.25) is 4.79 Å². The van der Waals surface area contributed by atoms with Crippen LogP contribution in [0.3, 0.4) is 0 Å². The third-order valence-electron chi connectivity index (χ3n) is 4.46. The fraction of sp³-hybridized carbons (Fsp3) is 0.444. The van der Waals surface area contributed by atoms with Gasteiger partial charge in [0.05, 0.1) is 0 Å². The van der Waals surface area contributed by atoms with Crippen LogP contribution in [0.5, 0.6) is 0 Å². The minimum Gasteiger partial charge on any atom is -0.377 e. The molecule has 1 aromatic heterocycles. The summed E-state index contributed by atoms with van der Waals surface area (Å²) in [5, 5.41) is 3.90. The molecule has 0 radical (unpaired) electrons. The summed E-state index contributed by atoms with van der Waals surface area (Å²) in [6, 6.07) is 12.0. The molecule has 1 atom stereocenters. The number of ether oxygens (including phenoxy) is 1. The lowest BCUT2D eigenvalue weighted by Gasteiger charge is -2.30. The second kappa shape index (κ2) is 6.16. The van der Waals surface area contributed by atoms with Crippen LogP contribution >= 0.6 is 0 Å². The van der Waals surface area contributed by atoms with E-state index in [1.54, 1.807) is 13.2 Å². The highest BCUT2D eigenvalue weighted by atomic mass is 16.5. The van der Waals surface area contributed by atoms with E-state index in [-0.39, 0.29) is 11.4 Å². The van der Waals surface area contributed by atoms with Gasteiger partial charge in [0.15, 0.2) is 11.5 Å². The summed E-state index contributed by atoms with van der Waals surface area (Å²) in [7, 11) is 1.58. The molecule has 0 saturated carbocycles. The van der Waals surface area contributed by atoms with Crippen molar-refractivity contribution in [3.63, 3.8) is 0 Å². The fourth-order valence-corrected chi connectivity index (χ4v) is 3.31. The number of methoxy groups -OCH3 is 1. The minimum absolute atomic E-state index is 0.0838. The topological polar surface area (TPSA) is 55.6 Å². The molecule has 2 heterocycles. The summed E-state index contributed by atoms with van der Waals surface area (Å²) < 4.78 is 10.1. The Morgan fingerprint density at radius 2 is 2.13 bits per heavy atom. The Kier molecular flexibility index (Phi) is 4.22. The molecule has 1 saturated heterocycles. The SMILES string of the molecule is COCc1cc(C(=O)N2CC(c3ccccc3)CC2(C)C)no1. The number of carbonyl (C=O) groups is 1. The maximum absolute atomic E-state index is 12.8. The Labute approximate surface area is 136 Å². The Bertz CT molecular complexity index is 679. The van der Waals surface area contributed by atoms with Gasteiger partial charge in [0, 0.05) is 31.2 Å². The lowest BCUT2D eigenvalue weighted by Crippen LogP contribution is -2.42. The van der Waals surface area contributed by atoms with Crippen molar-refractivity contribution in [3.05, 3.63) is 53.4 Å². The molecule has 1 unspecified atom stereocenters. The first-order valence-corrected chi connectivity index (χ1v) is 7.83. The molecule has 1 fully saturated rings. The lowest BCUT2D eigenvalue weighted by atomic mass is 9.91. The highest BCUT2D eigenvalue weighted by Gasteiger charge is 2.42. The van der Waals surface area contributed by atoms with Gasteiger partial charge in [-0.1, -0.05) is 35.5 Å². The van der Waals surface area contributed by atoms with Crippen LogP contribution in [0.2, 0.25) is 0 Å². The number of carbonyl (C=O) groups excluding carboxylic acids is 1. The van der Waals surface area contributed by atoms with Crippen LogP contribution in [0.15, 0.2) is 40.9 Å². The normalized spacial score (nSPS) is 20.0. The highest BCUT2D eigenvalue weighted by Crippen LogP contribution is 2.39. The van der Waals surface area contributed by atoms with Crippen molar-refractivity contribution >= 4 is 5.91 Å². The van der Waals surface area contributed by atoms with Gasteiger partial charge in [-0.2, -0.15) is 0 Å².